The van der Waals surface area contributed by atoms with Gasteiger partial charge in [0.2, 0.25) is 5.82 Å². The number of aliphatic hydroxyl groups is 2. The zero-order chi connectivity index (χ0) is 15.8. The number of hydrogen-bond donors (Lipinski definition) is 5. The Bertz CT molecular complexity index is 631. The van der Waals surface area contributed by atoms with Gasteiger partial charge in [0, 0.05) is 6.54 Å². The molecule has 4 atom stereocenters. The molecular formula is C8H14N6O6S. The van der Waals surface area contributed by atoms with Gasteiger partial charge in [0.1, 0.15) is 24.6 Å². The predicted molar refractivity (Wildman–Crippen MR) is 65.6 cm³/mol. The van der Waals surface area contributed by atoms with Crippen molar-refractivity contribution in [3.8, 4) is 0 Å². The third kappa shape index (κ3) is 3.52. The van der Waals surface area contributed by atoms with E-state index < -0.39 is 40.7 Å². The van der Waals surface area contributed by atoms with Gasteiger partial charge in [0.25, 0.3) is 16.1 Å². The van der Waals surface area contributed by atoms with Crippen LogP contribution < -0.4 is 15.6 Å². The summed E-state index contributed by atoms with van der Waals surface area (Å²) in [5.74, 6) is -1.15. The zero-order valence-corrected chi connectivity index (χ0v) is 11.3. The standard InChI is InChI=1S/C8H14N6O6S/c9-6(17)7-11-2-14(13-7)8-5(16)4(15)3(20-8)1-12-21(10,18)19/h2-5,8,12,15-16H,1H2,(H2,9,17)(H2,10,18,19)/t3-,4-,5-,8?/m1/s1. The third-order valence-corrected chi connectivity index (χ3v) is 3.38. The van der Waals surface area contributed by atoms with Crippen molar-refractivity contribution in [3.63, 3.8) is 0 Å². The Labute approximate surface area is 118 Å². The maximum Gasteiger partial charge on any atom is 0.288 e. The van der Waals surface area contributed by atoms with Crippen molar-refractivity contribution in [1.29, 1.82) is 0 Å². The first-order valence-electron chi connectivity index (χ1n) is 5.69. The molecule has 1 aromatic rings. The molecule has 1 amide bonds. The molecule has 0 spiro atoms. The molecule has 118 valence electrons. The second-order valence-corrected chi connectivity index (χ2v) is 5.73. The van der Waals surface area contributed by atoms with Crippen molar-refractivity contribution in [2.75, 3.05) is 6.54 Å². The lowest BCUT2D eigenvalue weighted by Gasteiger charge is -2.14. The molecule has 2 rings (SSSR count). The summed E-state index contributed by atoms with van der Waals surface area (Å²) in [6.07, 6.45) is -3.89. The molecule has 0 bridgehead atoms. The van der Waals surface area contributed by atoms with Crippen molar-refractivity contribution < 1.29 is 28.2 Å². The average Bonchev–Trinajstić information content (AvgIpc) is 2.94. The van der Waals surface area contributed by atoms with Crippen molar-refractivity contribution in [2.24, 2.45) is 10.9 Å². The molecule has 21 heavy (non-hydrogen) atoms. The van der Waals surface area contributed by atoms with Crippen LogP contribution in [0.4, 0.5) is 0 Å². The summed E-state index contributed by atoms with van der Waals surface area (Å²) >= 11 is 0. The largest absolute Gasteiger partial charge is 0.387 e. The van der Waals surface area contributed by atoms with Gasteiger partial charge in [-0.15, -0.1) is 5.10 Å². The summed E-state index contributed by atoms with van der Waals surface area (Å²) in [6.45, 7) is -0.342. The third-order valence-electron chi connectivity index (χ3n) is 2.81. The van der Waals surface area contributed by atoms with Crippen LogP contribution in [0, 0.1) is 0 Å². The number of rotatable bonds is 5. The van der Waals surface area contributed by atoms with Gasteiger partial charge in [-0.2, -0.15) is 13.1 Å². The molecule has 0 aromatic carbocycles. The van der Waals surface area contributed by atoms with Gasteiger partial charge in [-0.05, 0) is 0 Å². The summed E-state index contributed by atoms with van der Waals surface area (Å²) in [5.41, 5.74) is 4.99. The number of carbonyl (C=O) groups excluding carboxylic acids is 1. The SMILES string of the molecule is NC(=O)c1ncn(C2O[C@H](CNS(N)(=O)=O)[C@@H](O)[C@H]2O)n1. The Morgan fingerprint density at radius 1 is 1.48 bits per heavy atom. The molecule has 2 heterocycles. The van der Waals surface area contributed by atoms with Gasteiger partial charge in [0.15, 0.2) is 6.23 Å². The fourth-order valence-corrected chi connectivity index (χ4v) is 2.22. The van der Waals surface area contributed by atoms with Gasteiger partial charge in [0.05, 0.1) is 0 Å². The number of aromatic nitrogens is 3. The van der Waals surface area contributed by atoms with Gasteiger partial charge in [-0.25, -0.2) is 14.8 Å². The van der Waals surface area contributed by atoms with Crippen molar-refractivity contribution in [1.82, 2.24) is 19.5 Å². The van der Waals surface area contributed by atoms with E-state index in [1.807, 2.05) is 4.72 Å². The van der Waals surface area contributed by atoms with E-state index in [1.54, 1.807) is 0 Å². The van der Waals surface area contributed by atoms with Gasteiger partial charge in [-0.3, -0.25) is 4.79 Å². The highest BCUT2D eigenvalue weighted by Crippen LogP contribution is 2.28. The first-order chi connectivity index (χ1) is 9.69. The van der Waals surface area contributed by atoms with Crippen molar-refractivity contribution >= 4 is 16.1 Å². The minimum Gasteiger partial charge on any atom is -0.387 e. The van der Waals surface area contributed by atoms with Crippen LogP contribution in [-0.2, 0) is 14.9 Å². The number of nitrogens with two attached hydrogens (primary N) is 2. The van der Waals surface area contributed by atoms with E-state index in [9.17, 15) is 23.4 Å². The van der Waals surface area contributed by atoms with E-state index in [0.717, 1.165) is 11.0 Å². The molecule has 12 nitrogen and oxygen atoms in total. The molecule has 0 aliphatic carbocycles. The number of ether oxygens (including phenoxy) is 1. The summed E-state index contributed by atoms with van der Waals surface area (Å²) in [4.78, 5) is 14.5. The van der Waals surface area contributed by atoms with Crippen LogP contribution in [0.25, 0.3) is 0 Å². The van der Waals surface area contributed by atoms with Crippen LogP contribution in [0.15, 0.2) is 6.33 Å². The summed E-state index contributed by atoms with van der Waals surface area (Å²) in [5, 5.41) is 28.1. The number of nitrogens with one attached hydrogen (secondary N) is 1. The maximum absolute atomic E-state index is 10.9. The number of nitrogens with zero attached hydrogens (tertiary/aromatic N) is 3. The predicted octanol–water partition coefficient (Wildman–Crippen LogP) is -4.21. The van der Waals surface area contributed by atoms with E-state index in [4.69, 9.17) is 15.6 Å². The number of aliphatic hydroxyl groups excluding tert-OH is 2. The van der Waals surface area contributed by atoms with Crippen LogP contribution in [-0.4, -0.2) is 64.2 Å². The van der Waals surface area contributed by atoms with Crippen LogP contribution in [0.5, 0.6) is 0 Å². The lowest BCUT2D eigenvalue weighted by atomic mass is 10.1. The smallest absolute Gasteiger partial charge is 0.288 e. The lowest BCUT2D eigenvalue weighted by Crippen LogP contribution is -2.42. The van der Waals surface area contributed by atoms with Crippen LogP contribution >= 0.6 is 0 Å². The van der Waals surface area contributed by atoms with Crippen molar-refractivity contribution in [3.05, 3.63) is 12.2 Å². The highest BCUT2D eigenvalue weighted by atomic mass is 32.2. The zero-order valence-electron chi connectivity index (χ0n) is 10.5. The molecule has 1 saturated heterocycles. The Morgan fingerprint density at radius 3 is 2.67 bits per heavy atom. The van der Waals surface area contributed by atoms with E-state index in [2.05, 4.69) is 10.1 Å². The number of amides is 1. The van der Waals surface area contributed by atoms with Crippen LogP contribution in [0.2, 0.25) is 0 Å². The molecule has 0 saturated carbocycles. The van der Waals surface area contributed by atoms with E-state index >= 15 is 0 Å². The van der Waals surface area contributed by atoms with E-state index in [0.29, 0.717) is 0 Å². The fourth-order valence-electron chi connectivity index (χ4n) is 1.83. The van der Waals surface area contributed by atoms with E-state index in [-0.39, 0.29) is 12.4 Å². The van der Waals surface area contributed by atoms with Gasteiger partial charge < -0.3 is 20.7 Å². The first kappa shape index (κ1) is 15.7. The summed E-state index contributed by atoms with van der Waals surface area (Å²) < 4.78 is 29.8. The second kappa shape index (κ2) is 5.63. The topological polar surface area (TPSA) is 196 Å². The van der Waals surface area contributed by atoms with Crippen molar-refractivity contribution in [2.45, 2.75) is 24.5 Å². The molecule has 1 fully saturated rings. The molecule has 1 aliphatic heterocycles. The van der Waals surface area contributed by atoms with E-state index in [1.165, 1.54) is 0 Å². The second-order valence-electron chi connectivity index (χ2n) is 4.35. The first-order valence-corrected chi connectivity index (χ1v) is 7.23. The minimum atomic E-state index is -3.96. The molecule has 1 aromatic heterocycles. The minimum absolute atomic E-state index is 0.286. The molecular weight excluding hydrogens is 308 g/mol. The highest BCUT2D eigenvalue weighted by Gasteiger charge is 2.44. The van der Waals surface area contributed by atoms with Gasteiger partial charge >= 0.3 is 0 Å². The quantitative estimate of drug-likeness (QED) is 0.359. The lowest BCUT2D eigenvalue weighted by molar-refractivity contribution is -0.0428. The number of carbonyl (C=O) groups is 1. The van der Waals surface area contributed by atoms with Crippen LogP contribution in [0.3, 0.4) is 0 Å². The molecule has 1 aliphatic rings. The molecule has 1 unspecified atom stereocenters. The normalized spacial score (nSPS) is 29.7. The molecule has 7 N–H and O–H groups in total. The number of primary amides is 1. The molecule has 0 radical (unpaired) electrons. The Morgan fingerprint density at radius 2 is 2.14 bits per heavy atom. The summed E-state index contributed by atoms with van der Waals surface area (Å²) in [7, 11) is -3.96. The monoisotopic (exact) mass is 322 g/mol. The molecule has 13 heteroatoms. The Balaban J connectivity index is 2.10. The van der Waals surface area contributed by atoms with Crippen LogP contribution in [0.1, 0.15) is 16.8 Å². The average molecular weight is 322 g/mol. The van der Waals surface area contributed by atoms with Gasteiger partial charge in [-0.1, -0.05) is 0 Å². The number of hydrogen-bond acceptors (Lipinski definition) is 8. The highest BCUT2D eigenvalue weighted by molar-refractivity contribution is 7.87. The summed E-state index contributed by atoms with van der Waals surface area (Å²) in [6, 6.07) is 0. The maximum atomic E-state index is 10.9. The fraction of sp³-hybridized carbons (Fsp3) is 0.625. The Hall–Kier alpha value is -1.64. The Kier molecular flexibility index (Phi) is 4.22.